The first kappa shape index (κ1) is 21.0. The van der Waals surface area contributed by atoms with E-state index in [1.807, 2.05) is 6.07 Å². The average molecular weight is 433 g/mol. The molecule has 0 aliphatic heterocycles. The molecule has 0 bridgehead atoms. The predicted octanol–water partition coefficient (Wildman–Crippen LogP) is 4.01. The van der Waals surface area contributed by atoms with Crippen molar-refractivity contribution in [3.8, 4) is 0 Å². The van der Waals surface area contributed by atoms with Crippen LogP contribution in [-0.4, -0.2) is 20.4 Å². The Kier molecular flexibility index (Phi) is 6.64. The molecule has 3 aromatic rings. The van der Waals surface area contributed by atoms with Gasteiger partial charge >= 0.3 is 0 Å². The third-order valence-corrected chi connectivity index (χ3v) is 5.87. The van der Waals surface area contributed by atoms with E-state index < -0.39 is 27.8 Å². The lowest BCUT2D eigenvalue weighted by Crippen LogP contribution is -2.45. The number of anilines is 1. The van der Waals surface area contributed by atoms with Crippen LogP contribution in [-0.2, 0) is 21.2 Å². The van der Waals surface area contributed by atoms with E-state index in [-0.39, 0.29) is 11.3 Å². The fraction of sp³-hybridized carbons (Fsp3) is 0.0952. The Hall–Kier alpha value is -2.74. The molecule has 5 nitrogen and oxygen atoms in total. The Morgan fingerprint density at radius 3 is 2.17 bits per heavy atom. The lowest BCUT2D eigenvalue weighted by atomic mass is 10.1. The lowest BCUT2D eigenvalue weighted by molar-refractivity contribution is -0.117. The number of nitrogens with one attached hydrogen (secondary N) is 2. The van der Waals surface area contributed by atoms with Gasteiger partial charge in [-0.25, -0.2) is 12.8 Å². The van der Waals surface area contributed by atoms with Crippen LogP contribution in [0.25, 0.3) is 0 Å². The number of rotatable bonds is 7. The van der Waals surface area contributed by atoms with Crippen molar-refractivity contribution in [2.45, 2.75) is 17.4 Å². The van der Waals surface area contributed by atoms with E-state index in [0.29, 0.717) is 10.7 Å². The van der Waals surface area contributed by atoms with Gasteiger partial charge < -0.3 is 5.32 Å². The summed E-state index contributed by atoms with van der Waals surface area (Å²) >= 11 is 5.82. The largest absolute Gasteiger partial charge is 0.325 e. The number of amides is 1. The van der Waals surface area contributed by atoms with Gasteiger partial charge in [0, 0.05) is 10.7 Å². The number of carbonyl (C=O) groups is 1. The molecule has 0 saturated carbocycles. The molecule has 0 spiro atoms. The summed E-state index contributed by atoms with van der Waals surface area (Å²) in [6, 6.07) is 18.8. The smallest absolute Gasteiger partial charge is 0.242 e. The summed E-state index contributed by atoms with van der Waals surface area (Å²) in [7, 11) is -3.97. The van der Waals surface area contributed by atoms with Crippen LogP contribution in [0.5, 0.6) is 0 Å². The quantitative estimate of drug-likeness (QED) is 0.592. The van der Waals surface area contributed by atoms with Gasteiger partial charge in [0.25, 0.3) is 0 Å². The minimum absolute atomic E-state index is 0.00505. The zero-order valence-electron chi connectivity index (χ0n) is 15.2. The van der Waals surface area contributed by atoms with Gasteiger partial charge in [-0.2, -0.15) is 4.72 Å². The molecule has 0 saturated heterocycles. The van der Waals surface area contributed by atoms with Crippen molar-refractivity contribution in [3.05, 3.63) is 95.3 Å². The second-order valence-electron chi connectivity index (χ2n) is 6.31. The Morgan fingerprint density at radius 2 is 1.55 bits per heavy atom. The van der Waals surface area contributed by atoms with Gasteiger partial charge in [-0.1, -0.05) is 41.9 Å². The molecule has 0 aliphatic rings. The molecule has 1 atom stereocenters. The first-order valence-electron chi connectivity index (χ1n) is 8.72. The topological polar surface area (TPSA) is 75.3 Å². The Bertz CT molecular complexity index is 1070. The number of halogens is 2. The molecule has 2 N–H and O–H groups in total. The van der Waals surface area contributed by atoms with Crippen LogP contribution in [0.2, 0.25) is 5.02 Å². The summed E-state index contributed by atoms with van der Waals surface area (Å²) in [6.07, 6.45) is 0.140. The predicted molar refractivity (Wildman–Crippen MR) is 111 cm³/mol. The zero-order valence-corrected chi connectivity index (χ0v) is 16.8. The molecular formula is C21H18ClFN2O3S. The summed E-state index contributed by atoms with van der Waals surface area (Å²) < 4.78 is 41.1. The number of hydrogen-bond donors (Lipinski definition) is 2. The van der Waals surface area contributed by atoms with Gasteiger partial charge in [0.1, 0.15) is 11.9 Å². The maximum Gasteiger partial charge on any atom is 0.242 e. The first-order chi connectivity index (χ1) is 13.8. The molecule has 0 radical (unpaired) electrons. The van der Waals surface area contributed by atoms with Crippen molar-refractivity contribution in [1.29, 1.82) is 0 Å². The Labute approximate surface area is 173 Å². The van der Waals surface area contributed by atoms with Gasteiger partial charge in [-0.3, -0.25) is 4.79 Å². The lowest BCUT2D eigenvalue weighted by Gasteiger charge is -2.19. The van der Waals surface area contributed by atoms with Gasteiger partial charge in [0.15, 0.2) is 0 Å². The molecule has 0 fully saturated rings. The number of carbonyl (C=O) groups excluding carboxylic acids is 1. The highest BCUT2D eigenvalue weighted by molar-refractivity contribution is 7.89. The van der Waals surface area contributed by atoms with Crippen molar-refractivity contribution < 1.29 is 17.6 Å². The number of sulfonamides is 1. The highest BCUT2D eigenvalue weighted by Gasteiger charge is 2.26. The summed E-state index contributed by atoms with van der Waals surface area (Å²) in [5, 5.41) is 3.02. The van der Waals surface area contributed by atoms with Gasteiger partial charge in [-0.05, 0) is 60.5 Å². The molecule has 0 unspecified atom stereocenters. The third kappa shape index (κ3) is 5.87. The van der Waals surface area contributed by atoms with Crippen LogP contribution >= 0.6 is 11.6 Å². The molecule has 3 rings (SSSR count). The van der Waals surface area contributed by atoms with E-state index in [9.17, 15) is 17.6 Å². The molecule has 0 heterocycles. The molecule has 3 aromatic carbocycles. The van der Waals surface area contributed by atoms with Gasteiger partial charge in [0.05, 0.1) is 4.90 Å². The van der Waals surface area contributed by atoms with E-state index in [1.165, 1.54) is 48.5 Å². The van der Waals surface area contributed by atoms with Crippen LogP contribution in [0.4, 0.5) is 10.1 Å². The van der Waals surface area contributed by atoms with Crippen LogP contribution < -0.4 is 10.0 Å². The van der Waals surface area contributed by atoms with Crippen molar-refractivity contribution in [2.24, 2.45) is 0 Å². The van der Waals surface area contributed by atoms with Crippen LogP contribution in [0.15, 0.2) is 83.8 Å². The number of benzene rings is 3. The standard InChI is InChI=1S/C21H18ClFN2O3S/c22-16-6-12-19(13-7-16)29(27,28)25-20(14-15-4-2-1-3-5-15)21(26)24-18-10-8-17(23)9-11-18/h1-13,20,25H,14H2,(H,24,26)/t20-/m1/s1. The normalized spacial score (nSPS) is 12.3. The SMILES string of the molecule is O=C(Nc1ccc(F)cc1)[C@@H](Cc1ccccc1)NS(=O)(=O)c1ccc(Cl)cc1. The minimum atomic E-state index is -3.97. The Balaban J connectivity index is 1.84. The summed E-state index contributed by atoms with van der Waals surface area (Å²) in [4.78, 5) is 12.8. The highest BCUT2D eigenvalue weighted by Crippen LogP contribution is 2.16. The maximum atomic E-state index is 13.1. The first-order valence-corrected chi connectivity index (χ1v) is 10.6. The van der Waals surface area contributed by atoms with E-state index in [2.05, 4.69) is 10.0 Å². The van der Waals surface area contributed by atoms with E-state index in [1.54, 1.807) is 24.3 Å². The summed E-state index contributed by atoms with van der Waals surface area (Å²) in [5.41, 5.74) is 1.14. The molecule has 8 heteroatoms. The van der Waals surface area contributed by atoms with E-state index >= 15 is 0 Å². The third-order valence-electron chi connectivity index (χ3n) is 4.13. The average Bonchev–Trinajstić information content (AvgIpc) is 2.70. The molecule has 1 amide bonds. The van der Waals surface area contributed by atoms with Crippen LogP contribution in [0.3, 0.4) is 0 Å². The van der Waals surface area contributed by atoms with E-state index in [0.717, 1.165) is 5.56 Å². The second-order valence-corrected chi connectivity index (χ2v) is 8.46. The molecule has 0 aliphatic carbocycles. The summed E-state index contributed by atoms with van der Waals surface area (Å²) in [5.74, 6) is -0.995. The molecular weight excluding hydrogens is 415 g/mol. The van der Waals surface area contributed by atoms with Crippen LogP contribution in [0, 0.1) is 5.82 Å². The zero-order chi connectivity index (χ0) is 20.9. The van der Waals surface area contributed by atoms with Crippen molar-refractivity contribution >= 4 is 33.2 Å². The maximum absolute atomic E-state index is 13.1. The van der Waals surface area contributed by atoms with Crippen molar-refractivity contribution in [2.75, 3.05) is 5.32 Å². The minimum Gasteiger partial charge on any atom is -0.325 e. The molecule has 0 aromatic heterocycles. The fourth-order valence-corrected chi connectivity index (χ4v) is 3.99. The molecule has 29 heavy (non-hydrogen) atoms. The second kappa shape index (κ2) is 9.17. The van der Waals surface area contributed by atoms with Gasteiger partial charge in [0.2, 0.25) is 15.9 Å². The molecule has 150 valence electrons. The van der Waals surface area contributed by atoms with Crippen LogP contribution in [0.1, 0.15) is 5.56 Å². The monoisotopic (exact) mass is 432 g/mol. The fourth-order valence-electron chi connectivity index (χ4n) is 2.67. The highest BCUT2D eigenvalue weighted by atomic mass is 35.5. The summed E-state index contributed by atoms with van der Waals surface area (Å²) in [6.45, 7) is 0. The number of hydrogen-bond acceptors (Lipinski definition) is 3. The van der Waals surface area contributed by atoms with Crippen molar-refractivity contribution in [1.82, 2.24) is 4.72 Å². The van der Waals surface area contributed by atoms with Crippen molar-refractivity contribution in [3.63, 3.8) is 0 Å². The van der Waals surface area contributed by atoms with Gasteiger partial charge in [-0.15, -0.1) is 0 Å². The van der Waals surface area contributed by atoms with E-state index in [4.69, 9.17) is 11.6 Å². The Morgan fingerprint density at radius 1 is 0.931 bits per heavy atom.